The molecule has 1 saturated heterocycles. The van der Waals surface area contributed by atoms with E-state index in [1.54, 1.807) is 0 Å². The van der Waals surface area contributed by atoms with Crippen LogP contribution in [0.15, 0.2) is 4.99 Å². The van der Waals surface area contributed by atoms with E-state index in [0.717, 1.165) is 36.9 Å². The summed E-state index contributed by atoms with van der Waals surface area (Å²) in [6.07, 6.45) is 9.72. The Bertz CT molecular complexity index is 309. The molecule has 2 N–H and O–H groups in total. The highest BCUT2D eigenvalue weighted by Gasteiger charge is 2.18. The Balaban J connectivity index is 1.58. The van der Waals surface area contributed by atoms with Gasteiger partial charge in [-0.15, -0.1) is 0 Å². The van der Waals surface area contributed by atoms with Crippen LogP contribution >= 0.6 is 11.8 Å². The molecule has 2 rings (SSSR count). The molecule has 0 bridgehead atoms. The van der Waals surface area contributed by atoms with Gasteiger partial charge in [-0.25, -0.2) is 0 Å². The van der Waals surface area contributed by atoms with Crippen LogP contribution in [0.4, 0.5) is 0 Å². The lowest BCUT2D eigenvalue weighted by Gasteiger charge is -2.31. The number of nitrogens with zero attached hydrogens (tertiary/aromatic N) is 2. The standard InChI is InChI=1S/C16H32N4S/c1-17-16(19-13-15-9-6-12-21-15)18-10-11-20(2)14-7-4-3-5-8-14/h14-15H,3-13H2,1-2H3,(H2,17,18,19). The molecule has 1 atom stereocenters. The molecule has 0 radical (unpaired) electrons. The fourth-order valence-corrected chi connectivity index (χ4v) is 4.49. The Morgan fingerprint density at radius 2 is 1.95 bits per heavy atom. The predicted octanol–water partition coefficient (Wildman–Crippen LogP) is 2.31. The number of hydrogen-bond acceptors (Lipinski definition) is 3. The number of nitrogens with one attached hydrogen (secondary N) is 2. The Kier molecular flexibility index (Phi) is 7.72. The van der Waals surface area contributed by atoms with Crippen LogP contribution in [0, 0.1) is 0 Å². The van der Waals surface area contributed by atoms with Crippen LogP contribution in [0.25, 0.3) is 0 Å². The van der Waals surface area contributed by atoms with Crippen molar-refractivity contribution in [2.24, 2.45) is 4.99 Å². The van der Waals surface area contributed by atoms with Crippen LogP contribution in [-0.4, -0.2) is 61.6 Å². The first kappa shape index (κ1) is 16.9. The van der Waals surface area contributed by atoms with Gasteiger partial charge in [0.1, 0.15) is 0 Å². The van der Waals surface area contributed by atoms with Crippen LogP contribution in [0.2, 0.25) is 0 Å². The van der Waals surface area contributed by atoms with Crippen molar-refractivity contribution in [1.29, 1.82) is 0 Å². The van der Waals surface area contributed by atoms with Gasteiger partial charge in [0.15, 0.2) is 5.96 Å². The lowest BCUT2D eigenvalue weighted by Crippen LogP contribution is -2.44. The largest absolute Gasteiger partial charge is 0.355 e. The van der Waals surface area contributed by atoms with Crippen LogP contribution in [0.5, 0.6) is 0 Å². The van der Waals surface area contributed by atoms with E-state index in [0.29, 0.717) is 0 Å². The van der Waals surface area contributed by atoms with Gasteiger partial charge in [-0.1, -0.05) is 19.3 Å². The number of guanidine groups is 1. The minimum absolute atomic E-state index is 0.772. The maximum absolute atomic E-state index is 4.33. The topological polar surface area (TPSA) is 39.7 Å². The first-order valence-corrected chi connectivity index (χ1v) is 9.61. The second-order valence-electron chi connectivity index (χ2n) is 6.29. The molecule has 2 fully saturated rings. The molecule has 0 aromatic rings. The Labute approximate surface area is 134 Å². The van der Waals surface area contributed by atoms with Gasteiger partial charge in [-0.2, -0.15) is 11.8 Å². The Morgan fingerprint density at radius 1 is 1.14 bits per heavy atom. The molecule has 21 heavy (non-hydrogen) atoms. The molecule has 2 aliphatic rings. The van der Waals surface area contributed by atoms with Gasteiger partial charge in [-0.3, -0.25) is 4.99 Å². The lowest BCUT2D eigenvalue weighted by atomic mass is 9.94. The predicted molar refractivity (Wildman–Crippen MR) is 94.3 cm³/mol. The highest BCUT2D eigenvalue weighted by molar-refractivity contribution is 8.00. The van der Waals surface area contributed by atoms with Gasteiger partial charge in [0.2, 0.25) is 0 Å². The quantitative estimate of drug-likeness (QED) is 0.583. The van der Waals surface area contributed by atoms with Gasteiger partial charge in [-0.05, 0) is 38.5 Å². The maximum Gasteiger partial charge on any atom is 0.191 e. The Morgan fingerprint density at radius 3 is 2.62 bits per heavy atom. The number of rotatable bonds is 6. The molecule has 1 unspecified atom stereocenters. The molecule has 1 aliphatic carbocycles. The van der Waals surface area contributed by atoms with Crippen molar-refractivity contribution in [1.82, 2.24) is 15.5 Å². The summed E-state index contributed by atoms with van der Waals surface area (Å²) in [6.45, 7) is 3.12. The molecule has 1 aliphatic heterocycles. The third-order valence-electron chi connectivity index (χ3n) is 4.70. The molecule has 5 heteroatoms. The molecule has 4 nitrogen and oxygen atoms in total. The van der Waals surface area contributed by atoms with Crippen LogP contribution in [-0.2, 0) is 0 Å². The molecule has 122 valence electrons. The molecule has 0 spiro atoms. The monoisotopic (exact) mass is 312 g/mol. The van der Waals surface area contributed by atoms with Crippen LogP contribution in [0.1, 0.15) is 44.9 Å². The van der Waals surface area contributed by atoms with E-state index in [4.69, 9.17) is 0 Å². The number of thioether (sulfide) groups is 1. The van der Waals surface area contributed by atoms with Crippen LogP contribution in [0.3, 0.4) is 0 Å². The van der Waals surface area contributed by atoms with E-state index >= 15 is 0 Å². The highest BCUT2D eigenvalue weighted by Crippen LogP contribution is 2.25. The average molecular weight is 313 g/mol. The van der Waals surface area contributed by atoms with E-state index in [9.17, 15) is 0 Å². The van der Waals surface area contributed by atoms with Gasteiger partial charge in [0, 0.05) is 38.0 Å². The minimum atomic E-state index is 0.772. The van der Waals surface area contributed by atoms with Gasteiger partial charge >= 0.3 is 0 Å². The second kappa shape index (κ2) is 9.57. The summed E-state index contributed by atoms with van der Waals surface area (Å²) in [5, 5.41) is 7.69. The van der Waals surface area contributed by atoms with E-state index in [2.05, 4.69) is 39.3 Å². The number of hydrogen-bond donors (Lipinski definition) is 2. The number of likely N-dealkylation sites (N-methyl/N-ethyl adjacent to an activating group) is 1. The maximum atomic E-state index is 4.33. The van der Waals surface area contributed by atoms with E-state index in [-0.39, 0.29) is 0 Å². The molecule has 1 heterocycles. The third kappa shape index (κ3) is 6.07. The zero-order valence-electron chi connectivity index (χ0n) is 13.7. The summed E-state index contributed by atoms with van der Waals surface area (Å²) in [5.74, 6) is 2.28. The summed E-state index contributed by atoms with van der Waals surface area (Å²) in [6, 6.07) is 0.797. The Hall–Kier alpha value is -0.420. The second-order valence-corrected chi connectivity index (χ2v) is 7.70. The summed E-state index contributed by atoms with van der Waals surface area (Å²) in [4.78, 5) is 6.85. The molecule has 0 aromatic heterocycles. The average Bonchev–Trinajstić information content (AvgIpc) is 3.04. The minimum Gasteiger partial charge on any atom is -0.355 e. The summed E-state index contributed by atoms with van der Waals surface area (Å²) in [5.41, 5.74) is 0. The third-order valence-corrected chi connectivity index (χ3v) is 6.10. The highest BCUT2D eigenvalue weighted by atomic mass is 32.2. The van der Waals surface area contributed by atoms with Crippen molar-refractivity contribution in [3.63, 3.8) is 0 Å². The van der Waals surface area contributed by atoms with Crippen LogP contribution < -0.4 is 10.6 Å². The normalized spacial score (nSPS) is 24.5. The van der Waals surface area contributed by atoms with E-state index in [1.807, 2.05) is 7.05 Å². The summed E-state index contributed by atoms with van der Waals surface area (Å²) >= 11 is 2.09. The van der Waals surface area contributed by atoms with E-state index < -0.39 is 0 Å². The van der Waals surface area contributed by atoms with Crippen molar-refractivity contribution >= 4 is 17.7 Å². The molecule has 0 amide bonds. The van der Waals surface area contributed by atoms with Crippen molar-refractivity contribution < 1.29 is 0 Å². The van der Waals surface area contributed by atoms with Gasteiger partial charge in [0.05, 0.1) is 0 Å². The first-order chi connectivity index (χ1) is 10.3. The van der Waals surface area contributed by atoms with E-state index in [1.165, 1.54) is 50.7 Å². The zero-order chi connectivity index (χ0) is 14.9. The van der Waals surface area contributed by atoms with Crippen molar-refractivity contribution in [3.05, 3.63) is 0 Å². The molecular formula is C16H32N4S. The summed E-state index contributed by atoms with van der Waals surface area (Å²) in [7, 11) is 4.13. The molecular weight excluding hydrogens is 280 g/mol. The lowest BCUT2D eigenvalue weighted by molar-refractivity contribution is 0.194. The summed E-state index contributed by atoms with van der Waals surface area (Å²) < 4.78 is 0. The van der Waals surface area contributed by atoms with Gasteiger partial charge in [0.25, 0.3) is 0 Å². The fourth-order valence-electron chi connectivity index (χ4n) is 3.29. The number of aliphatic imine (C=N–C) groups is 1. The smallest absolute Gasteiger partial charge is 0.191 e. The fraction of sp³-hybridized carbons (Fsp3) is 0.938. The SMILES string of the molecule is CN=C(NCCN(C)C1CCCCC1)NCC1CCCS1. The molecule has 1 saturated carbocycles. The first-order valence-electron chi connectivity index (χ1n) is 8.56. The molecule has 0 aromatic carbocycles. The zero-order valence-corrected chi connectivity index (χ0v) is 14.6. The van der Waals surface area contributed by atoms with Crippen molar-refractivity contribution in [2.45, 2.75) is 56.2 Å². The van der Waals surface area contributed by atoms with Crippen molar-refractivity contribution in [2.75, 3.05) is 39.5 Å². The van der Waals surface area contributed by atoms with Crippen molar-refractivity contribution in [3.8, 4) is 0 Å². The van der Waals surface area contributed by atoms with Gasteiger partial charge < -0.3 is 15.5 Å².